The second-order valence-corrected chi connectivity index (χ2v) is 6.15. The normalized spacial score (nSPS) is 21.6. The first-order valence-electron chi connectivity index (χ1n) is 6.28. The molecule has 0 atom stereocenters. The molecule has 1 aromatic rings. The van der Waals surface area contributed by atoms with E-state index in [-0.39, 0.29) is 5.91 Å². The van der Waals surface area contributed by atoms with E-state index in [0.717, 1.165) is 17.7 Å². The third kappa shape index (κ3) is 2.04. The number of rotatable bonds is 3. The highest BCUT2D eigenvalue weighted by molar-refractivity contribution is 7.98. The van der Waals surface area contributed by atoms with Crippen LogP contribution >= 0.6 is 11.8 Å². The van der Waals surface area contributed by atoms with Gasteiger partial charge in [0, 0.05) is 10.5 Å². The predicted octanol–water partition coefficient (Wildman–Crippen LogP) is 2.01. The van der Waals surface area contributed by atoms with Gasteiger partial charge in [0.15, 0.2) is 0 Å². The first-order chi connectivity index (χ1) is 8.62. The first kappa shape index (κ1) is 12.1. The van der Waals surface area contributed by atoms with Gasteiger partial charge in [-0.1, -0.05) is 0 Å². The van der Waals surface area contributed by atoms with E-state index in [4.69, 9.17) is 0 Å². The molecular formula is C14H17NO2S. The maximum absolute atomic E-state index is 12.2. The molecule has 0 unspecified atom stereocenters. The Morgan fingerprint density at radius 2 is 1.94 bits per heavy atom. The van der Waals surface area contributed by atoms with Crippen molar-refractivity contribution < 1.29 is 9.90 Å². The minimum atomic E-state index is -0.588. The minimum Gasteiger partial charge on any atom is -0.386 e. The van der Waals surface area contributed by atoms with Gasteiger partial charge in [-0.2, -0.15) is 0 Å². The lowest BCUT2D eigenvalue weighted by Crippen LogP contribution is -2.64. The van der Waals surface area contributed by atoms with Gasteiger partial charge in [0.05, 0.1) is 13.1 Å². The number of thioether (sulfide) groups is 1. The van der Waals surface area contributed by atoms with Crippen LogP contribution in [0.4, 0.5) is 0 Å². The zero-order chi connectivity index (χ0) is 12.8. The number of likely N-dealkylation sites (tertiary alicyclic amines) is 1. The molecule has 1 aliphatic carbocycles. The second-order valence-electron chi connectivity index (χ2n) is 5.27. The number of carbonyl (C=O) groups excluding carboxylic acids is 1. The van der Waals surface area contributed by atoms with Gasteiger partial charge in [-0.3, -0.25) is 4.79 Å². The summed E-state index contributed by atoms with van der Waals surface area (Å²) in [4.78, 5) is 15.1. The Morgan fingerprint density at radius 3 is 2.44 bits per heavy atom. The van der Waals surface area contributed by atoms with E-state index < -0.39 is 5.60 Å². The molecule has 0 bridgehead atoms. The van der Waals surface area contributed by atoms with Crippen LogP contribution in [0.1, 0.15) is 23.2 Å². The molecule has 96 valence electrons. The SMILES string of the molecule is CSc1ccc(C(=O)N2CC(O)(C3CC3)C2)cc1. The predicted molar refractivity (Wildman–Crippen MR) is 71.8 cm³/mol. The molecule has 18 heavy (non-hydrogen) atoms. The number of hydrogen-bond acceptors (Lipinski definition) is 3. The Morgan fingerprint density at radius 1 is 1.33 bits per heavy atom. The Kier molecular flexibility index (Phi) is 2.87. The van der Waals surface area contributed by atoms with Crippen molar-refractivity contribution in [3.05, 3.63) is 29.8 Å². The van der Waals surface area contributed by atoms with Crippen LogP contribution in [0.2, 0.25) is 0 Å². The van der Waals surface area contributed by atoms with Crippen LogP contribution in [-0.4, -0.2) is 40.9 Å². The topological polar surface area (TPSA) is 40.5 Å². The van der Waals surface area contributed by atoms with E-state index in [2.05, 4.69) is 0 Å². The molecule has 4 heteroatoms. The molecule has 1 saturated carbocycles. The zero-order valence-corrected chi connectivity index (χ0v) is 11.2. The highest BCUT2D eigenvalue weighted by Crippen LogP contribution is 2.44. The van der Waals surface area contributed by atoms with Gasteiger partial charge < -0.3 is 10.0 Å². The largest absolute Gasteiger partial charge is 0.386 e. The molecule has 3 rings (SSSR count). The summed E-state index contributed by atoms with van der Waals surface area (Å²) >= 11 is 1.66. The lowest BCUT2D eigenvalue weighted by molar-refractivity contribution is -0.0958. The van der Waals surface area contributed by atoms with Gasteiger partial charge in [-0.25, -0.2) is 0 Å². The van der Waals surface area contributed by atoms with E-state index >= 15 is 0 Å². The molecule has 3 nitrogen and oxygen atoms in total. The van der Waals surface area contributed by atoms with E-state index in [1.165, 1.54) is 0 Å². The molecule has 1 aliphatic heterocycles. The van der Waals surface area contributed by atoms with Crippen molar-refractivity contribution in [1.82, 2.24) is 4.90 Å². The molecule has 1 heterocycles. The van der Waals surface area contributed by atoms with Crippen molar-refractivity contribution in [3.63, 3.8) is 0 Å². The van der Waals surface area contributed by atoms with Crippen LogP contribution in [-0.2, 0) is 0 Å². The second kappa shape index (κ2) is 4.28. The molecule has 1 saturated heterocycles. The van der Waals surface area contributed by atoms with Gasteiger partial charge in [0.25, 0.3) is 5.91 Å². The monoisotopic (exact) mass is 263 g/mol. The minimum absolute atomic E-state index is 0.0352. The van der Waals surface area contributed by atoms with Crippen molar-refractivity contribution >= 4 is 17.7 Å². The van der Waals surface area contributed by atoms with Crippen molar-refractivity contribution in [3.8, 4) is 0 Å². The maximum atomic E-state index is 12.2. The standard InChI is InChI=1S/C14H17NO2S/c1-18-12-6-2-10(3-7-12)13(16)15-8-14(17,9-15)11-4-5-11/h2-3,6-7,11,17H,4-5,8-9H2,1H3. The summed E-state index contributed by atoms with van der Waals surface area (Å²) in [5.74, 6) is 0.466. The molecular weight excluding hydrogens is 246 g/mol. The number of aliphatic hydroxyl groups is 1. The summed E-state index contributed by atoms with van der Waals surface area (Å²) in [7, 11) is 0. The third-order valence-corrected chi connectivity index (χ3v) is 4.63. The molecule has 1 aromatic carbocycles. The van der Waals surface area contributed by atoms with Gasteiger partial charge in [-0.05, 0) is 49.3 Å². The number of hydrogen-bond donors (Lipinski definition) is 1. The third-order valence-electron chi connectivity index (χ3n) is 3.89. The van der Waals surface area contributed by atoms with Crippen LogP contribution in [0.3, 0.4) is 0 Å². The lowest BCUT2D eigenvalue weighted by atomic mass is 9.88. The van der Waals surface area contributed by atoms with Gasteiger partial charge in [0.2, 0.25) is 0 Å². The number of benzene rings is 1. The van der Waals surface area contributed by atoms with E-state index in [9.17, 15) is 9.90 Å². The first-order valence-corrected chi connectivity index (χ1v) is 7.50. The summed E-state index contributed by atoms with van der Waals surface area (Å²) in [6, 6.07) is 7.65. The van der Waals surface area contributed by atoms with Crippen molar-refractivity contribution in [2.45, 2.75) is 23.3 Å². The molecule has 2 aliphatic rings. The van der Waals surface area contributed by atoms with Crippen molar-refractivity contribution in [1.29, 1.82) is 0 Å². The maximum Gasteiger partial charge on any atom is 0.254 e. The van der Waals surface area contributed by atoms with Gasteiger partial charge >= 0.3 is 0 Å². The molecule has 0 spiro atoms. The van der Waals surface area contributed by atoms with E-state index in [0.29, 0.717) is 24.6 Å². The lowest BCUT2D eigenvalue weighted by Gasteiger charge is -2.47. The van der Waals surface area contributed by atoms with Crippen molar-refractivity contribution in [2.24, 2.45) is 5.92 Å². The van der Waals surface area contributed by atoms with Gasteiger partial charge in [0.1, 0.15) is 5.60 Å². The molecule has 2 fully saturated rings. The highest BCUT2D eigenvalue weighted by atomic mass is 32.2. The van der Waals surface area contributed by atoms with Crippen molar-refractivity contribution in [2.75, 3.05) is 19.3 Å². The summed E-state index contributed by atoms with van der Waals surface area (Å²) in [6.07, 6.45) is 4.24. The fraction of sp³-hybridized carbons (Fsp3) is 0.500. The van der Waals surface area contributed by atoms with Crippen LogP contribution in [0, 0.1) is 5.92 Å². The Balaban J connectivity index is 1.64. The Bertz CT molecular complexity index is 461. The quantitative estimate of drug-likeness (QED) is 0.848. The summed E-state index contributed by atoms with van der Waals surface area (Å²) in [5, 5.41) is 10.2. The van der Waals surface area contributed by atoms with Crippen LogP contribution < -0.4 is 0 Å². The van der Waals surface area contributed by atoms with Crippen LogP contribution in [0.25, 0.3) is 0 Å². The van der Waals surface area contributed by atoms with Crippen LogP contribution in [0.5, 0.6) is 0 Å². The average Bonchev–Trinajstić information content (AvgIpc) is 3.19. The summed E-state index contributed by atoms with van der Waals surface area (Å²) in [6.45, 7) is 1.00. The fourth-order valence-corrected chi connectivity index (χ4v) is 2.96. The smallest absolute Gasteiger partial charge is 0.254 e. The van der Waals surface area contributed by atoms with E-state index in [1.807, 2.05) is 30.5 Å². The number of nitrogens with zero attached hydrogens (tertiary/aromatic N) is 1. The van der Waals surface area contributed by atoms with E-state index in [1.54, 1.807) is 16.7 Å². The number of β-amino-alcohol motifs (C(OH)–C–C–N with tert-alkyl or cyclic N) is 1. The molecule has 1 amide bonds. The Hall–Kier alpha value is -1.00. The zero-order valence-electron chi connectivity index (χ0n) is 10.4. The summed E-state index contributed by atoms with van der Waals surface area (Å²) < 4.78 is 0. The van der Waals surface area contributed by atoms with Crippen LogP contribution in [0.15, 0.2) is 29.2 Å². The number of amides is 1. The van der Waals surface area contributed by atoms with Gasteiger partial charge in [-0.15, -0.1) is 11.8 Å². The molecule has 0 aromatic heterocycles. The number of carbonyl (C=O) groups is 1. The summed E-state index contributed by atoms with van der Waals surface area (Å²) in [5.41, 5.74) is 0.125. The highest BCUT2D eigenvalue weighted by Gasteiger charge is 2.53. The average molecular weight is 263 g/mol. The Labute approximate surface area is 111 Å². The molecule has 1 N–H and O–H groups in total. The fourth-order valence-electron chi connectivity index (χ4n) is 2.55. The molecule has 0 radical (unpaired) electrons.